The van der Waals surface area contributed by atoms with Gasteiger partial charge in [-0.2, -0.15) is 0 Å². The number of urea groups is 1. The van der Waals surface area contributed by atoms with Crippen LogP contribution >= 0.6 is 23.2 Å². The molecule has 0 bridgehead atoms. The van der Waals surface area contributed by atoms with Crippen LogP contribution in [0.5, 0.6) is 0 Å². The molecule has 2 amide bonds. The van der Waals surface area contributed by atoms with Crippen LogP contribution in [0.4, 0.5) is 10.5 Å². The highest BCUT2D eigenvalue weighted by molar-refractivity contribution is 6.35. The summed E-state index contributed by atoms with van der Waals surface area (Å²) in [7, 11) is 0. The molecular formula is C12H12Cl2N2O3. The van der Waals surface area contributed by atoms with E-state index in [4.69, 9.17) is 28.3 Å². The second-order valence-electron chi connectivity index (χ2n) is 4.44. The van der Waals surface area contributed by atoms with Crippen molar-refractivity contribution < 1.29 is 14.7 Å². The van der Waals surface area contributed by atoms with E-state index < -0.39 is 17.5 Å². The number of hydrogen-bond acceptors (Lipinski definition) is 2. The minimum Gasteiger partial charge on any atom is -0.480 e. The van der Waals surface area contributed by atoms with E-state index >= 15 is 0 Å². The molecule has 1 aliphatic carbocycles. The highest BCUT2D eigenvalue weighted by Crippen LogP contribution is 2.32. The molecule has 1 aromatic carbocycles. The molecular weight excluding hydrogens is 291 g/mol. The first kappa shape index (κ1) is 14.0. The molecule has 102 valence electrons. The van der Waals surface area contributed by atoms with Crippen molar-refractivity contribution in [3.63, 3.8) is 0 Å². The maximum Gasteiger partial charge on any atom is 0.329 e. The lowest BCUT2D eigenvalue weighted by molar-refractivity contribution is -0.148. The number of carboxylic acids is 1. The predicted molar refractivity (Wildman–Crippen MR) is 72.8 cm³/mol. The van der Waals surface area contributed by atoms with E-state index in [0.717, 1.165) is 6.42 Å². The van der Waals surface area contributed by atoms with Gasteiger partial charge in [0.25, 0.3) is 0 Å². The molecule has 0 radical (unpaired) electrons. The average molecular weight is 303 g/mol. The molecule has 1 aliphatic rings. The predicted octanol–water partition coefficient (Wildman–Crippen LogP) is 3.12. The van der Waals surface area contributed by atoms with Gasteiger partial charge in [-0.25, -0.2) is 9.59 Å². The van der Waals surface area contributed by atoms with Gasteiger partial charge < -0.3 is 15.7 Å². The lowest BCUT2D eigenvalue weighted by Gasteiger charge is -2.38. The SMILES string of the molecule is O=C(Nc1cc(Cl)ccc1Cl)NC1(C(=O)O)CCC1. The Balaban J connectivity index is 2.05. The molecule has 2 rings (SSSR count). The Labute approximate surface area is 119 Å². The molecule has 0 aromatic heterocycles. The monoisotopic (exact) mass is 302 g/mol. The third-order valence-electron chi connectivity index (χ3n) is 3.15. The second-order valence-corrected chi connectivity index (χ2v) is 5.29. The number of aliphatic carboxylic acids is 1. The number of rotatable bonds is 3. The second kappa shape index (κ2) is 5.27. The molecule has 1 saturated carbocycles. The summed E-state index contributed by atoms with van der Waals surface area (Å²) in [5.41, 5.74) is -0.818. The maximum atomic E-state index is 11.8. The van der Waals surface area contributed by atoms with E-state index in [1.165, 1.54) is 6.07 Å². The summed E-state index contributed by atoms with van der Waals surface area (Å²) in [5.74, 6) is -1.02. The molecule has 7 heteroatoms. The molecule has 0 spiro atoms. The van der Waals surface area contributed by atoms with Gasteiger partial charge in [-0.15, -0.1) is 0 Å². The van der Waals surface area contributed by atoms with Crippen molar-refractivity contribution in [3.8, 4) is 0 Å². The minimum absolute atomic E-state index is 0.331. The molecule has 0 unspecified atom stereocenters. The molecule has 1 aromatic rings. The standard InChI is InChI=1S/C12H12Cl2N2O3/c13-7-2-3-8(14)9(6-7)15-11(19)16-12(10(17)18)4-1-5-12/h2-3,6H,1,4-5H2,(H,17,18)(H2,15,16,19). The van der Waals surface area contributed by atoms with E-state index in [9.17, 15) is 9.59 Å². The molecule has 0 saturated heterocycles. The van der Waals surface area contributed by atoms with Gasteiger partial charge in [0.2, 0.25) is 0 Å². The van der Waals surface area contributed by atoms with Crippen molar-refractivity contribution in [3.05, 3.63) is 28.2 Å². The number of halogens is 2. The van der Waals surface area contributed by atoms with Crippen molar-refractivity contribution >= 4 is 40.9 Å². The largest absolute Gasteiger partial charge is 0.480 e. The summed E-state index contributed by atoms with van der Waals surface area (Å²) >= 11 is 11.7. The van der Waals surface area contributed by atoms with Gasteiger partial charge >= 0.3 is 12.0 Å². The number of nitrogens with one attached hydrogen (secondary N) is 2. The molecule has 1 fully saturated rings. The van der Waals surface area contributed by atoms with E-state index in [1.807, 2.05) is 0 Å². The van der Waals surface area contributed by atoms with E-state index in [1.54, 1.807) is 12.1 Å². The highest BCUT2D eigenvalue weighted by Gasteiger charge is 2.45. The topological polar surface area (TPSA) is 78.4 Å². The van der Waals surface area contributed by atoms with Crippen LogP contribution < -0.4 is 10.6 Å². The Morgan fingerprint density at radius 2 is 1.95 bits per heavy atom. The summed E-state index contributed by atoms with van der Waals surface area (Å²) in [6.45, 7) is 0. The maximum absolute atomic E-state index is 11.8. The normalized spacial score (nSPS) is 16.3. The van der Waals surface area contributed by atoms with Gasteiger partial charge in [0.1, 0.15) is 5.54 Å². The van der Waals surface area contributed by atoms with Crippen LogP contribution in [-0.2, 0) is 4.79 Å². The fourth-order valence-corrected chi connectivity index (χ4v) is 2.22. The van der Waals surface area contributed by atoms with Gasteiger partial charge in [0, 0.05) is 5.02 Å². The van der Waals surface area contributed by atoms with Crippen LogP contribution in [0.15, 0.2) is 18.2 Å². The van der Waals surface area contributed by atoms with Crippen molar-refractivity contribution in [1.82, 2.24) is 5.32 Å². The number of carboxylic acid groups (broad SMARTS) is 1. The van der Waals surface area contributed by atoms with Crippen LogP contribution in [-0.4, -0.2) is 22.6 Å². The zero-order chi connectivity index (χ0) is 14.0. The first-order valence-corrected chi connectivity index (χ1v) is 6.46. The zero-order valence-corrected chi connectivity index (χ0v) is 11.4. The molecule has 0 heterocycles. The fourth-order valence-electron chi connectivity index (χ4n) is 1.89. The van der Waals surface area contributed by atoms with Crippen LogP contribution in [0.2, 0.25) is 10.0 Å². The smallest absolute Gasteiger partial charge is 0.329 e. The lowest BCUT2D eigenvalue weighted by Crippen LogP contribution is -2.60. The number of amides is 2. The number of benzene rings is 1. The summed E-state index contributed by atoms with van der Waals surface area (Å²) in [5, 5.41) is 14.8. The zero-order valence-electron chi connectivity index (χ0n) is 9.87. The van der Waals surface area contributed by atoms with Gasteiger partial charge in [-0.3, -0.25) is 0 Å². The van der Waals surface area contributed by atoms with E-state index in [0.29, 0.717) is 28.6 Å². The summed E-state index contributed by atoms with van der Waals surface area (Å²) in [6, 6.07) is 4.04. The Morgan fingerprint density at radius 1 is 1.26 bits per heavy atom. The third kappa shape index (κ3) is 2.93. The van der Waals surface area contributed by atoms with Crippen molar-refractivity contribution in [2.24, 2.45) is 0 Å². The van der Waals surface area contributed by atoms with Crippen LogP contribution in [0.25, 0.3) is 0 Å². The third-order valence-corrected chi connectivity index (χ3v) is 3.71. The summed E-state index contributed by atoms with van der Waals surface area (Å²) < 4.78 is 0. The van der Waals surface area contributed by atoms with Crippen LogP contribution in [0, 0.1) is 0 Å². The first-order valence-electron chi connectivity index (χ1n) is 5.70. The Hall–Kier alpha value is -1.46. The molecule has 5 nitrogen and oxygen atoms in total. The van der Waals surface area contributed by atoms with Gasteiger partial charge in [-0.1, -0.05) is 23.2 Å². The summed E-state index contributed by atoms with van der Waals surface area (Å²) in [6.07, 6.45) is 1.64. The van der Waals surface area contributed by atoms with Crippen molar-refractivity contribution in [1.29, 1.82) is 0 Å². The molecule has 3 N–H and O–H groups in total. The van der Waals surface area contributed by atoms with E-state index in [-0.39, 0.29) is 0 Å². The van der Waals surface area contributed by atoms with Crippen LogP contribution in [0.3, 0.4) is 0 Å². The number of carbonyl (C=O) groups excluding carboxylic acids is 1. The molecule has 0 atom stereocenters. The van der Waals surface area contributed by atoms with Crippen LogP contribution in [0.1, 0.15) is 19.3 Å². The van der Waals surface area contributed by atoms with Gasteiger partial charge in [-0.05, 0) is 37.5 Å². The van der Waals surface area contributed by atoms with Crippen molar-refractivity contribution in [2.45, 2.75) is 24.8 Å². The van der Waals surface area contributed by atoms with Crippen molar-refractivity contribution in [2.75, 3.05) is 5.32 Å². The summed E-state index contributed by atoms with van der Waals surface area (Å²) in [4.78, 5) is 22.9. The number of carbonyl (C=O) groups is 2. The first-order chi connectivity index (χ1) is 8.93. The lowest BCUT2D eigenvalue weighted by atomic mass is 9.77. The Kier molecular flexibility index (Phi) is 3.87. The average Bonchev–Trinajstić information content (AvgIpc) is 2.28. The number of anilines is 1. The quantitative estimate of drug-likeness (QED) is 0.802. The van der Waals surface area contributed by atoms with Gasteiger partial charge in [0.15, 0.2) is 0 Å². The Morgan fingerprint density at radius 3 is 2.47 bits per heavy atom. The Bertz CT molecular complexity index is 530. The van der Waals surface area contributed by atoms with E-state index in [2.05, 4.69) is 10.6 Å². The molecule has 0 aliphatic heterocycles. The minimum atomic E-state index is -1.16. The highest BCUT2D eigenvalue weighted by atomic mass is 35.5. The number of hydrogen-bond donors (Lipinski definition) is 3. The fraction of sp³-hybridized carbons (Fsp3) is 0.333. The van der Waals surface area contributed by atoms with Gasteiger partial charge in [0.05, 0.1) is 10.7 Å². The molecule has 19 heavy (non-hydrogen) atoms.